The maximum atomic E-state index is 8.70. The third-order valence-electron chi connectivity index (χ3n) is 0.952. The van der Waals surface area contributed by atoms with Crippen LogP contribution in [-0.4, -0.2) is 5.11 Å². The van der Waals surface area contributed by atoms with Crippen LogP contribution < -0.4 is 0 Å². The van der Waals surface area contributed by atoms with Gasteiger partial charge in [0.2, 0.25) is 0 Å². The summed E-state index contributed by atoms with van der Waals surface area (Å²) in [5, 5.41) is 8.70. The summed E-state index contributed by atoms with van der Waals surface area (Å²) >= 11 is 0. The fourth-order valence-electron chi connectivity index (χ4n) is 0.494. The first kappa shape index (κ1) is 23.0. The van der Waals surface area contributed by atoms with Gasteiger partial charge in [-0.05, 0) is 0 Å². The van der Waals surface area contributed by atoms with E-state index in [1.807, 2.05) is 13.0 Å². The smallest absolute Gasteiger partial charge is 0.534 e. The average Bonchev–Trinajstić information content (AvgIpc) is 1.77. The third-order valence-corrected chi connectivity index (χ3v) is 0.952. The molecule has 0 aliphatic carbocycles. The van der Waals surface area contributed by atoms with Crippen LogP contribution in [0, 0.1) is 27.8 Å². The zero-order valence-electron chi connectivity index (χ0n) is 7.66. The van der Waals surface area contributed by atoms with E-state index < -0.39 is 0 Å². The van der Waals surface area contributed by atoms with Gasteiger partial charge in [-0.2, -0.15) is 17.7 Å². The number of rotatable bonds is 0. The molecule has 0 saturated heterocycles. The minimum Gasteiger partial charge on any atom is -0.534 e. The first-order valence-electron chi connectivity index (χ1n) is 2.46. The summed E-state index contributed by atoms with van der Waals surface area (Å²) in [4.78, 5) is 0. The van der Waals surface area contributed by atoms with E-state index in [1.165, 1.54) is 0 Å². The first-order valence-corrected chi connectivity index (χ1v) is 2.46. The molecule has 0 saturated carbocycles. The molecule has 0 atom stereocenters. The molecule has 0 spiro atoms. The Morgan fingerprint density at radius 3 is 2.00 bits per heavy atom. The standard InChI is InChI=1S/C7H7O.2CH3.W.Y/c1-6-2-4-7(8)5-3-6;;;;/h2-4,8H,1H3;2*1H3;;/q3*-1;+2;. The third kappa shape index (κ3) is 8.90. The molecule has 1 nitrogen and oxygen atoms in total. The molecule has 1 N–H and O–H groups in total. The molecule has 0 fully saturated rings. The number of hydrogen-bond donors (Lipinski definition) is 1. The predicted molar refractivity (Wildman–Crippen MR) is 44.5 cm³/mol. The van der Waals surface area contributed by atoms with Crippen LogP contribution in [0.3, 0.4) is 0 Å². The Bertz CT molecular complexity index is 153. The number of aryl methyl sites for hydroxylation is 1. The van der Waals surface area contributed by atoms with E-state index in [2.05, 4.69) is 6.07 Å². The largest absolute Gasteiger partial charge is 2.00 e. The van der Waals surface area contributed by atoms with Crippen molar-refractivity contribution in [2.45, 2.75) is 6.92 Å². The summed E-state index contributed by atoms with van der Waals surface area (Å²) in [5.74, 6) is 0.204. The van der Waals surface area contributed by atoms with Gasteiger partial charge >= 0.3 is 21.1 Å². The van der Waals surface area contributed by atoms with Crippen LogP contribution in [0.2, 0.25) is 0 Å². The molecule has 0 amide bonds. The van der Waals surface area contributed by atoms with Gasteiger partial charge in [0, 0.05) is 38.5 Å². The quantitative estimate of drug-likeness (QED) is 0.652. The van der Waals surface area contributed by atoms with Gasteiger partial charge < -0.3 is 20.0 Å². The normalized spacial score (nSPS) is 6.08. The Hall–Kier alpha value is 0.812. The summed E-state index contributed by atoms with van der Waals surface area (Å²) in [5.41, 5.74) is 1.11. The van der Waals surface area contributed by atoms with Gasteiger partial charge in [-0.3, -0.25) is 0 Å². The molecule has 1 aromatic rings. The van der Waals surface area contributed by atoms with Crippen molar-refractivity contribution in [3.05, 3.63) is 44.7 Å². The molecule has 1 rings (SSSR count). The van der Waals surface area contributed by atoms with E-state index >= 15 is 0 Å². The molecule has 0 heterocycles. The van der Waals surface area contributed by atoms with E-state index in [0.717, 1.165) is 5.56 Å². The van der Waals surface area contributed by atoms with Gasteiger partial charge in [-0.15, -0.1) is 12.1 Å². The van der Waals surface area contributed by atoms with Crippen molar-refractivity contribution in [3.8, 4) is 5.75 Å². The number of aromatic hydroxyl groups is 1. The van der Waals surface area contributed by atoms with E-state index in [1.54, 1.807) is 12.1 Å². The zero-order chi connectivity index (χ0) is 5.98. The average molecular weight is 410 g/mol. The van der Waals surface area contributed by atoms with E-state index in [9.17, 15) is 0 Å². The maximum absolute atomic E-state index is 8.70. The molecule has 1 radical (unpaired) electrons. The second kappa shape index (κ2) is 11.8. The topological polar surface area (TPSA) is 20.2 Å². The van der Waals surface area contributed by atoms with Gasteiger partial charge in [0.15, 0.2) is 0 Å². The van der Waals surface area contributed by atoms with Gasteiger partial charge in [0.25, 0.3) is 0 Å². The number of hydrogen-bond acceptors (Lipinski definition) is 1. The summed E-state index contributed by atoms with van der Waals surface area (Å²) in [7, 11) is 0. The van der Waals surface area contributed by atoms with Crippen LogP contribution in [0.15, 0.2) is 18.2 Å². The maximum Gasteiger partial charge on any atom is 2.00 e. The van der Waals surface area contributed by atoms with E-state index in [0.29, 0.717) is 0 Å². The molecule has 0 bridgehead atoms. The predicted octanol–water partition coefficient (Wildman–Crippen LogP) is 2.40. The van der Waals surface area contributed by atoms with Crippen LogP contribution in [0.1, 0.15) is 5.56 Å². The van der Waals surface area contributed by atoms with E-state index in [-0.39, 0.29) is 74.4 Å². The second-order valence-electron chi connectivity index (χ2n) is 1.75. The van der Waals surface area contributed by atoms with Crippen LogP contribution in [0.25, 0.3) is 0 Å². The molecular formula is C9H13OWY-. The van der Waals surface area contributed by atoms with Crippen LogP contribution in [0.5, 0.6) is 5.75 Å². The van der Waals surface area contributed by atoms with Crippen molar-refractivity contribution >= 4 is 0 Å². The van der Waals surface area contributed by atoms with Gasteiger partial charge in [-0.1, -0.05) is 6.92 Å². The Labute approximate surface area is 115 Å². The molecule has 0 aromatic heterocycles. The minimum absolute atomic E-state index is 0. The van der Waals surface area contributed by atoms with Gasteiger partial charge in [-0.25, -0.2) is 0 Å². The van der Waals surface area contributed by atoms with Crippen molar-refractivity contribution in [2.75, 3.05) is 0 Å². The minimum atomic E-state index is 0. The molecule has 0 aliphatic rings. The van der Waals surface area contributed by atoms with Crippen molar-refractivity contribution in [1.29, 1.82) is 0 Å². The monoisotopic (exact) mass is 410 g/mol. The molecular weight excluding hydrogens is 397 g/mol. The molecule has 12 heavy (non-hydrogen) atoms. The van der Waals surface area contributed by atoms with Crippen molar-refractivity contribution in [1.82, 2.24) is 0 Å². The van der Waals surface area contributed by atoms with Crippen LogP contribution >= 0.6 is 0 Å². The second-order valence-corrected chi connectivity index (χ2v) is 1.75. The summed E-state index contributed by atoms with van der Waals surface area (Å²) in [6, 6.07) is 7.86. The fourth-order valence-corrected chi connectivity index (χ4v) is 0.494. The number of benzene rings is 1. The molecule has 0 aliphatic heterocycles. The molecule has 65 valence electrons. The molecule has 1 aromatic carbocycles. The van der Waals surface area contributed by atoms with Crippen molar-refractivity contribution < 1.29 is 58.9 Å². The van der Waals surface area contributed by atoms with Crippen molar-refractivity contribution in [2.24, 2.45) is 0 Å². The fraction of sp³-hybridized carbons (Fsp3) is 0.111. The SMILES string of the molecule is Cc1c[c-]c(O)cc1.[CH3-].[CH3-].[W+2].[Y]. The van der Waals surface area contributed by atoms with Gasteiger partial charge in [0.1, 0.15) is 0 Å². The first-order chi connectivity index (χ1) is 3.79. The molecule has 3 heteroatoms. The Kier molecular flexibility index (Phi) is 22.7. The Morgan fingerprint density at radius 2 is 1.75 bits per heavy atom. The summed E-state index contributed by atoms with van der Waals surface area (Å²) in [6.07, 6.45) is 0. The summed E-state index contributed by atoms with van der Waals surface area (Å²) in [6.45, 7) is 1.95. The number of phenolic OH excluding ortho intramolecular Hbond substituents is 1. The van der Waals surface area contributed by atoms with E-state index in [4.69, 9.17) is 5.11 Å². The molecule has 0 unspecified atom stereocenters. The summed E-state index contributed by atoms with van der Waals surface area (Å²) < 4.78 is 0. The zero-order valence-corrected chi connectivity index (χ0v) is 13.4. The van der Waals surface area contributed by atoms with Crippen molar-refractivity contribution in [3.63, 3.8) is 0 Å². The Morgan fingerprint density at radius 1 is 1.25 bits per heavy atom. The van der Waals surface area contributed by atoms with Crippen LogP contribution in [-0.2, 0) is 53.8 Å². The Balaban J connectivity index is -0.0000000800. The van der Waals surface area contributed by atoms with Gasteiger partial charge in [0.05, 0.1) is 0 Å². The van der Waals surface area contributed by atoms with Crippen LogP contribution in [0.4, 0.5) is 0 Å². The number of phenols is 1.